The Kier molecular flexibility index (Phi) is 7.19. The van der Waals surface area contributed by atoms with Gasteiger partial charge in [-0.2, -0.15) is 0 Å². The fourth-order valence-electron chi connectivity index (χ4n) is 2.82. The molecule has 0 unspecified atom stereocenters. The molecular formula is C20H21ClN2O4S. The summed E-state index contributed by atoms with van der Waals surface area (Å²) < 4.78 is 5.82. The Balaban J connectivity index is 1.43. The third-order valence-electron chi connectivity index (χ3n) is 4.42. The molecule has 0 aliphatic carbocycles. The normalized spacial score (nSPS) is 14.0. The first-order valence-corrected chi connectivity index (χ1v) is 10.2. The van der Waals surface area contributed by atoms with Crippen molar-refractivity contribution in [1.82, 2.24) is 10.2 Å². The quantitative estimate of drug-likeness (QED) is 0.698. The number of thiophene rings is 1. The Bertz CT molecular complexity index is 844. The number of benzene rings is 1. The molecule has 1 aromatic carbocycles. The molecule has 2 heterocycles. The first-order chi connectivity index (χ1) is 13.5. The lowest BCUT2D eigenvalue weighted by Gasteiger charge is -2.26. The Labute approximate surface area is 172 Å². The Morgan fingerprint density at radius 1 is 1.04 bits per heavy atom. The van der Waals surface area contributed by atoms with E-state index in [9.17, 15) is 14.4 Å². The minimum atomic E-state index is -0.190. The first kappa shape index (κ1) is 20.5. The molecule has 0 radical (unpaired) electrons. The lowest BCUT2D eigenvalue weighted by Crippen LogP contribution is -2.40. The molecule has 2 amide bonds. The van der Waals surface area contributed by atoms with Gasteiger partial charge in [0.05, 0.1) is 22.4 Å². The van der Waals surface area contributed by atoms with Crippen molar-refractivity contribution in [1.29, 1.82) is 0 Å². The number of ketones is 1. The summed E-state index contributed by atoms with van der Waals surface area (Å²) in [5.41, 5.74) is 1.51. The van der Waals surface area contributed by atoms with Crippen LogP contribution < -0.4 is 5.32 Å². The molecule has 0 spiro atoms. The summed E-state index contributed by atoms with van der Waals surface area (Å²) in [4.78, 5) is 38.7. The SMILES string of the molecule is O=C(CCC(=O)c1ccc(Cl)s1)NCc1ccc(C(=O)N2CCOCC2)cc1. The van der Waals surface area contributed by atoms with Crippen LogP contribution in [0.3, 0.4) is 0 Å². The molecule has 2 aromatic rings. The zero-order valence-corrected chi connectivity index (χ0v) is 16.9. The van der Waals surface area contributed by atoms with Crippen molar-refractivity contribution >= 4 is 40.5 Å². The zero-order valence-electron chi connectivity index (χ0n) is 15.3. The van der Waals surface area contributed by atoms with Gasteiger partial charge in [-0.15, -0.1) is 11.3 Å². The highest BCUT2D eigenvalue weighted by Crippen LogP contribution is 2.22. The standard InChI is InChI=1S/C20H21ClN2O4S/c21-18-7-6-17(28-18)16(24)5-8-19(25)22-13-14-1-3-15(4-2-14)20(26)23-9-11-27-12-10-23/h1-4,6-7H,5,8-13H2,(H,22,25). The first-order valence-electron chi connectivity index (χ1n) is 9.04. The minimum absolute atomic E-state index is 0.00826. The van der Waals surface area contributed by atoms with Crippen LogP contribution in [-0.4, -0.2) is 48.8 Å². The van der Waals surface area contributed by atoms with Crippen LogP contribution >= 0.6 is 22.9 Å². The molecule has 1 aliphatic heterocycles. The highest BCUT2D eigenvalue weighted by molar-refractivity contribution is 7.18. The van der Waals surface area contributed by atoms with E-state index in [2.05, 4.69) is 5.32 Å². The van der Waals surface area contributed by atoms with Crippen molar-refractivity contribution in [3.63, 3.8) is 0 Å². The molecular weight excluding hydrogens is 400 g/mol. The third-order valence-corrected chi connectivity index (χ3v) is 5.69. The van der Waals surface area contributed by atoms with Gasteiger partial charge >= 0.3 is 0 Å². The number of ether oxygens (including phenoxy) is 1. The molecule has 0 atom stereocenters. The van der Waals surface area contributed by atoms with Gasteiger partial charge in [0.1, 0.15) is 0 Å². The average molecular weight is 421 g/mol. The van der Waals surface area contributed by atoms with Crippen molar-refractivity contribution < 1.29 is 19.1 Å². The predicted octanol–water partition coefficient (Wildman–Crippen LogP) is 3.15. The van der Waals surface area contributed by atoms with Gasteiger partial charge < -0.3 is 15.0 Å². The van der Waals surface area contributed by atoms with Crippen molar-refractivity contribution in [2.75, 3.05) is 26.3 Å². The summed E-state index contributed by atoms with van der Waals surface area (Å²) in [6, 6.07) is 10.5. The Hall–Kier alpha value is -2.22. The van der Waals surface area contributed by atoms with E-state index in [4.69, 9.17) is 16.3 Å². The molecule has 0 saturated carbocycles. The van der Waals surface area contributed by atoms with E-state index >= 15 is 0 Å². The van der Waals surface area contributed by atoms with Gasteiger partial charge in [0.15, 0.2) is 5.78 Å². The number of hydrogen-bond acceptors (Lipinski definition) is 5. The van der Waals surface area contributed by atoms with Crippen molar-refractivity contribution in [2.24, 2.45) is 0 Å². The van der Waals surface area contributed by atoms with E-state index in [1.807, 2.05) is 12.1 Å². The van der Waals surface area contributed by atoms with Crippen molar-refractivity contribution in [3.8, 4) is 0 Å². The molecule has 1 aliphatic rings. The van der Waals surface area contributed by atoms with Crippen molar-refractivity contribution in [2.45, 2.75) is 19.4 Å². The van der Waals surface area contributed by atoms with Crippen molar-refractivity contribution in [3.05, 3.63) is 56.7 Å². The second kappa shape index (κ2) is 9.82. The van der Waals surface area contributed by atoms with Crippen LogP contribution in [0.4, 0.5) is 0 Å². The summed E-state index contributed by atoms with van der Waals surface area (Å²) in [7, 11) is 0. The molecule has 6 nitrogen and oxygen atoms in total. The predicted molar refractivity (Wildman–Crippen MR) is 108 cm³/mol. The van der Waals surface area contributed by atoms with Crippen LogP contribution in [0.2, 0.25) is 4.34 Å². The minimum Gasteiger partial charge on any atom is -0.378 e. The average Bonchev–Trinajstić information content (AvgIpc) is 3.17. The van der Waals surface area contributed by atoms with Gasteiger partial charge in [0.25, 0.3) is 5.91 Å². The molecule has 1 fully saturated rings. The molecule has 1 N–H and O–H groups in total. The molecule has 28 heavy (non-hydrogen) atoms. The number of carbonyl (C=O) groups excluding carboxylic acids is 3. The van der Waals surface area contributed by atoms with E-state index in [0.717, 1.165) is 5.56 Å². The van der Waals surface area contributed by atoms with Gasteiger partial charge in [-0.3, -0.25) is 14.4 Å². The molecule has 3 rings (SSSR count). The fraction of sp³-hybridized carbons (Fsp3) is 0.350. The highest BCUT2D eigenvalue weighted by atomic mass is 35.5. The van der Waals surface area contributed by atoms with E-state index < -0.39 is 0 Å². The molecule has 1 saturated heterocycles. The molecule has 148 valence electrons. The second-order valence-corrected chi connectivity index (χ2v) is 8.12. The maximum atomic E-state index is 12.4. The Morgan fingerprint density at radius 2 is 1.75 bits per heavy atom. The summed E-state index contributed by atoms with van der Waals surface area (Å²) in [5.74, 6) is -0.284. The zero-order chi connectivity index (χ0) is 19.9. The van der Waals surface area contributed by atoms with Gasteiger partial charge in [-0.05, 0) is 29.8 Å². The number of Topliss-reactive ketones (excluding diaryl/α,β-unsaturated/α-hetero) is 1. The van der Waals surface area contributed by atoms with Crippen LogP contribution in [0.1, 0.15) is 38.4 Å². The van der Waals surface area contributed by atoms with Gasteiger partial charge in [0.2, 0.25) is 5.91 Å². The van der Waals surface area contributed by atoms with Crippen LogP contribution in [0.15, 0.2) is 36.4 Å². The van der Waals surface area contributed by atoms with E-state index in [0.29, 0.717) is 47.6 Å². The summed E-state index contributed by atoms with van der Waals surface area (Å²) in [5, 5.41) is 2.80. The lowest BCUT2D eigenvalue weighted by molar-refractivity contribution is -0.121. The van der Waals surface area contributed by atoms with Crippen LogP contribution in [0, 0.1) is 0 Å². The summed E-state index contributed by atoms with van der Waals surface area (Å²) >= 11 is 7.03. The van der Waals surface area contributed by atoms with Crippen LogP contribution in [0.5, 0.6) is 0 Å². The number of morpholine rings is 1. The number of amides is 2. The van der Waals surface area contributed by atoms with E-state index in [1.165, 1.54) is 11.3 Å². The summed E-state index contributed by atoms with van der Waals surface area (Å²) in [6.45, 7) is 2.69. The fourth-order valence-corrected chi connectivity index (χ4v) is 3.83. The Morgan fingerprint density at radius 3 is 2.39 bits per heavy atom. The second-order valence-electron chi connectivity index (χ2n) is 6.41. The number of hydrogen-bond donors (Lipinski definition) is 1. The topological polar surface area (TPSA) is 75.7 Å². The molecule has 1 aromatic heterocycles. The summed E-state index contributed by atoms with van der Waals surface area (Å²) in [6.07, 6.45) is 0.275. The highest BCUT2D eigenvalue weighted by Gasteiger charge is 2.18. The van der Waals surface area contributed by atoms with Gasteiger partial charge in [0, 0.05) is 38.0 Å². The number of nitrogens with zero attached hydrogens (tertiary/aromatic N) is 1. The number of halogens is 1. The maximum Gasteiger partial charge on any atom is 0.254 e. The number of carbonyl (C=O) groups is 3. The van der Waals surface area contributed by atoms with E-state index in [1.54, 1.807) is 29.2 Å². The van der Waals surface area contributed by atoms with Crippen LogP contribution in [-0.2, 0) is 16.1 Å². The number of rotatable bonds is 7. The maximum absolute atomic E-state index is 12.4. The van der Waals surface area contributed by atoms with Crippen LogP contribution in [0.25, 0.3) is 0 Å². The molecule has 0 bridgehead atoms. The smallest absolute Gasteiger partial charge is 0.254 e. The monoisotopic (exact) mass is 420 g/mol. The largest absolute Gasteiger partial charge is 0.378 e. The van der Waals surface area contributed by atoms with E-state index in [-0.39, 0.29) is 30.4 Å². The van der Waals surface area contributed by atoms with Gasteiger partial charge in [-0.25, -0.2) is 0 Å². The van der Waals surface area contributed by atoms with Gasteiger partial charge in [-0.1, -0.05) is 23.7 Å². The number of nitrogens with one attached hydrogen (secondary N) is 1. The lowest BCUT2D eigenvalue weighted by atomic mass is 10.1. The molecule has 8 heteroatoms. The third kappa shape index (κ3) is 5.64.